The topological polar surface area (TPSA) is 40.6 Å². The van der Waals surface area contributed by atoms with E-state index < -0.39 is 34.8 Å². The van der Waals surface area contributed by atoms with Gasteiger partial charge in [-0.2, -0.15) is 17.5 Å². The Morgan fingerprint density at radius 1 is 1.13 bits per heavy atom. The van der Waals surface area contributed by atoms with E-state index in [4.69, 9.17) is 0 Å². The van der Waals surface area contributed by atoms with E-state index in [9.17, 15) is 21.6 Å². The minimum atomic E-state index is -4.47. The molecule has 2 atom stereocenters. The van der Waals surface area contributed by atoms with Crippen LogP contribution in [-0.4, -0.2) is 56.0 Å². The van der Waals surface area contributed by atoms with Crippen LogP contribution in [-0.2, 0) is 10.0 Å². The van der Waals surface area contributed by atoms with Gasteiger partial charge in [0.25, 0.3) is 0 Å². The quantitative estimate of drug-likeness (QED) is 0.823. The molecular formula is C15H21F3N2O2S. The molecule has 2 unspecified atom stereocenters. The van der Waals surface area contributed by atoms with E-state index >= 15 is 0 Å². The van der Waals surface area contributed by atoms with Crippen LogP contribution in [0.25, 0.3) is 0 Å². The van der Waals surface area contributed by atoms with Crippen molar-refractivity contribution in [2.45, 2.75) is 43.9 Å². The third kappa shape index (κ3) is 3.54. The average molecular weight is 350 g/mol. The van der Waals surface area contributed by atoms with Crippen LogP contribution >= 0.6 is 0 Å². The third-order valence-electron chi connectivity index (χ3n) is 4.53. The van der Waals surface area contributed by atoms with Crippen LogP contribution < -0.4 is 0 Å². The van der Waals surface area contributed by atoms with Gasteiger partial charge in [0.2, 0.25) is 10.0 Å². The number of nitrogens with zero attached hydrogens (tertiary/aromatic N) is 2. The van der Waals surface area contributed by atoms with Crippen LogP contribution in [0, 0.1) is 13.8 Å². The first-order chi connectivity index (χ1) is 10.4. The maximum Gasteiger partial charge on any atom is 0.405 e. The molecule has 130 valence electrons. The summed E-state index contributed by atoms with van der Waals surface area (Å²) >= 11 is 0. The Morgan fingerprint density at radius 2 is 1.74 bits per heavy atom. The molecule has 8 heteroatoms. The van der Waals surface area contributed by atoms with Gasteiger partial charge in [-0.25, -0.2) is 8.42 Å². The summed E-state index contributed by atoms with van der Waals surface area (Å²) in [6.45, 7) is 4.68. The molecule has 1 heterocycles. The largest absolute Gasteiger partial charge is 0.405 e. The molecule has 0 amide bonds. The summed E-state index contributed by atoms with van der Waals surface area (Å²) < 4.78 is 65.9. The number of hydrogen-bond acceptors (Lipinski definition) is 3. The lowest BCUT2D eigenvalue weighted by Crippen LogP contribution is -2.62. The maximum absolute atomic E-state index is 13.2. The SMILES string of the molecule is Cc1ccc(S(=O)(=O)N2CC(C)N(C)C(C(F)(F)F)C2)cc1C. The zero-order valence-corrected chi connectivity index (χ0v) is 14.4. The van der Waals surface area contributed by atoms with Crippen molar-refractivity contribution in [2.75, 3.05) is 20.1 Å². The Bertz CT molecular complexity index is 688. The molecule has 0 radical (unpaired) electrons. The molecule has 1 aromatic carbocycles. The summed E-state index contributed by atoms with van der Waals surface area (Å²) in [7, 11) is -2.57. The van der Waals surface area contributed by atoms with Gasteiger partial charge in [-0.1, -0.05) is 6.07 Å². The monoisotopic (exact) mass is 350 g/mol. The highest BCUT2D eigenvalue weighted by Gasteiger charge is 2.49. The molecule has 0 saturated carbocycles. The highest BCUT2D eigenvalue weighted by atomic mass is 32.2. The van der Waals surface area contributed by atoms with Crippen molar-refractivity contribution < 1.29 is 21.6 Å². The zero-order valence-electron chi connectivity index (χ0n) is 13.6. The second-order valence-corrected chi connectivity index (χ2v) is 8.08. The fourth-order valence-electron chi connectivity index (χ4n) is 2.68. The van der Waals surface area contributed by atoms with E-state index in [1.54, 1.807) is 19.9 Å². The first-order valence-corrected chi connectivity index (χ1v) is 8.74. The van der Waals surface area contributed by atoms with Crippen molar-refractivity contribution in [3.8, 4) is 0 Å². The molecule has 0 aromatic heterocycles. The standard InChI is InChI=1S/C15H21F3N2O2S/c1-10-5-6-13(7-11(10)2)23(21,22)20-8-12(3)19(4)14(9-20)15(16,17)18/h5-7,12,14H,8-9H2,1-4H3. The minimum Gasteiger partial charge on any atom is -0.290 e. The molecule has 1 aromatic rings. The molecule has 1 saturated heterocycles. The molecule has 4 nitrogen and oxygen atoms in total. The summed E-state index contributed by atoms with van der Waals surface area (Å²) in [6.07, 6.45) is -4.47. The molecule has 1 fully saturated rings. The summed E-state index contributed by atoms with van der Waals surface area (Å²) in [5.74, 6) is 0. The molecule has 23 heavy (non-hydrogen) atoms. The van der Waals surface area contributed by atoms with E-state index in [1.807, 2.05) is 6.92 Å². The summed E-state index contributed by atoms with van der Waals surface area (Å²) in [4.78, 5) is 1.23. The number of likely N-dealkylation sites (N-methyl/N-ethyl adjacent to an activating group) is 1. The lowest BCUT2D eigenvalue weighted by Gasteiger charge is -2.43. The number of benzene rings is 1. The fraction of sp³-hybridized carbons (Fsp3) is 0.600. The van der Waals surface area contributed by atoms with Gasteiger partial charge in [-0.05, 0) is 51.1 Å². The van der Waals surface area contributed by atoms with E-state index in [-0.39, 0.29) is 11.4 Å². The molecule has 0 spiro atoms. The molecule has 0 bridgehead atoms. The number of halogens is 3. The van der Waals surface area contributed by atoms with Crippen LogP contribution in [0.5, 0.6) is 0 Å². The van der Waals surface area contributed by atoms with Crippen molar-refractivity contribution in [3.05, 3.63) is 29.3 Å². The Labute approximate surface area is 134 Å². The first-order valence-electron chi connectivity index (χ1n) is 7.30. The van der Waals surface area contributed by atoms with Crippen LogP contribution in [0.1, 0.15) is 18.1 Å². The van der Waals surface area contributed by atoms with Crippen molar-refractivity contribution >= 4 is 10.0 Å². The molecule has 0 aliphatic carbocycles. The van der Waals surface area contributed by atoms with Crippen molar-refractivity contribution in [1.29, 1.82) is 0 Å². The lowest BCUT2D eigenvalue weighted by atomic mass is 10.1. The van der Waals surface area contributed by atoms with Crippen LogP contribution in [0.4, 0.5) is 13.2 Å². The van der Waals surface area contributed by atoms with Gasteiger partial charge in [-0.15, -0.1) is 0 Å². The van der Waals surface area contributed by atoms with E-state index in [1.165, 1.54) is 24.1 Å². The second kappa shape index (κ2) is 6.07. The van der Waals surface area contributed by atoms with E-state index in [0.717, 1.165) is 15.4 Å². The smallest absolute Gasteiger partial charge is 0.290 e. The van der Waals surface area contributed by atoms with Gasteiger partial charge in [0.1, 0.15) is 6.04 Å². The number of sulfonamides is 1. The number of hydrogen-bond donors (Lipinski definition) is 0. The normalized spacial score (nSPS) is 24.8. The predicted octanol–water partition coefficient (Wildman–Crippen LogP) is 2.56. The Hall–Kier alpha value is -1.12. The van der Waals surface area contributed by atoms with Gasteiger partial charge in [0, 0.05) is 19.1 Å². The van der Waals surface area contributed by atoms with Gasteiger partial charge in [0.05, 0.1) is 4.90 Å². The Balaban J connectivity index is 2.37. The predicted molar refractivity (Wildman–Crippen MR) is 81.7 cm³/mol. The number of rotatable bonds is 2. The van der Waals surface area contributed by atoms with E-state index in [0.29, 0.717) is 0 Å². The fourth-order valence-corrected chi connectivity index (χ4v) is 4.29. The van der Waals surface area contributed by atoms with Gasteiger partial charge in [0.15, 0.2) is 0 Å². The highest BCUT2D eigenvalue weighted by Crippen LogP contribution is 2.31. The molecule has 0 N–H and O–H groups in total. The van der Waals surface area contributed by atoms with Crippen molar-refractivity contribution in [3.63, 3.8) is 0 Å². The third-order valence-corrected chi connectivity index (χ3v) is 6.35. The van der Waals surface area contributed by atoms with Gasteiger partial charge in [-0.3, -0.25) is 4.90 Å². The Kier molecular flexibility index (Phi) is 4.81. The number of piperazine rings is 1. The Morgan fingerprint density at radius 3 is 2.26 bits per heavy atom. The second-order valence-electron chi connectivity index (χ2n) is 6.14. The van der Waals surface area contributed by atoms with Gasteiger partial charge < -0.3 is 0 Å². The van der Waals surface area contributed by atoms with Gasteiger partial charge >= 0.3 is 6.18 Å². The summed E-state index contributed by atoms with van der Waals surface area (Å²) in [5, 5.41) is 0. The van der Waals surface area contributed by atoms with Crippen molar-refractivity contribution in [1.82, 2.24) is 9.21 Å². The van der Waals surface area contributed by atoms with Crippen LogP contribution in [0.15, 0.2) is 23.1 Å². The first kappa shape index (κ1) is 18.2. The zero-order chi connectivity index (χ0) is 17.6. The van der Waals surface area contributed by atoms with Crippen molar-refractivity contribution in [2.24, 2.45) is 0 Å². The average Bonchev–Trinajstić information content (AvgIpc) is 2.43. The van der Waals surface area contributed by atoms with E-state index in [2.05, 4.69) is 0 Å². The molecule has 2 rings (SSSR count). The van der Waals surface area contributed by atoms with Crippen LogP contribution in [0.3, 0.4) is 0 Å². The minimum absolute atomic E-state index is 0.0400. The number of aryl methyl sites for hydroxylation is 2. The lowest BCUT2D eigenvalue weighted by molar-refractivity contribution is -0.194. The molecular weight excluding hydrogens is 329 g/mol. The summed E-state index contributed by atoms with van der Waals surface area (Å²) in [6, 6.07) is 2.31. The summed E-state index contributed by atoms with van der Waals surface area (Å²) in [5.41, 5.74) is 1.73. The number of alkyl halides is 3. The highest BCUT2D eigenvalue weighted by molar-refractivity contribution is 7.89. The molecule has 1 aliphatic heterocycles. The molecule has 1 aliphatic rings. The maximum atomic E-state index is 13.2. The van der Waals surface area contributed by atoms with Crippen LogP contribution in [0.2, 0.25) is 0 Å².